The van der Waals surface area contributed by atoms with E-state index in [2.05, 4.69) is 5.32 Å². The quantitative estimate of drug-likeness (QED) is 0.648. The maximum absolute atomic E-state index is 12.2. The number of amides is 2. The van der Waals surface area contributed by atoms with Crippen molar-refractivity contribution in [2.45, 2.75) is 26.4 Å². The Hall–Kier alpha value is -2.68. The van der Waals surface area contributed by atoms with Gasteiger partial charge in [-0.05, 0) is 26.8 Å². The number of carbonyl (C=O) groups excluding carboxylic acids is 2. The summed E-state index contributed by atoms with van der Waals surface area (Å²) in [5, 5.41) is 13.6. The first kappa shape index (κ1) is 19.6. The van der Waals surface area contributed by atoms with Crippen molar-refractivity contribution in [2.75, 3.05) is 38.0 Å². The van der Waals surface area contributed by atoms with Crippen LogP contribution in [-0.2, 0) is 9.53 Å². The van der Waals surface area contributed by atoms with Crippen LogP contribution in [0.25, 0.3) is 0 Å². The van der Waals surface area contributed by atoms with Gasteiger partial charge in [-0.3, -0.25) is 19.8 Å². The zero-order chi connectivity index (χ0) is 19.3. The van der Waals surface area contributed by atoms with Crippen LogP contribution in [0.15, 0.2) is 24.3 Å². The second kappa shape index (κ2) is 8.13. The topological polar surface area (TPSA) is 105 Å². The van der Waals surface area contributed by atoms with Crippen LogP contribution in [0, 0.1) is 10.1 Å². The fourth-order valence-electron chi connectivity index (χ4n) is 2.55. The molecule has 1 heterocycles. The first-order valence-electron chi connectivity index (χ1n) is 8.39. The van der Waals surface area contributed by atoms with E-state index in [1.807, 2.05) is 25.7 Å². The van der Waals surface area contributed by atoms with Crippen molar-refractivity contribution in [1.82, 2.24) is 9.80 Å². The molecule has 0 bridgehead atoms. The summed E-state index contributed by atoms with van der Waals surface area (Å²) in [6.45, 7) is 7.54. The molecule has 0 atom stereocenters. The summed E-state index contributed by atoms with van der Waals surface area (Å²) < 4.78 is 5.33. The lowest BCUT2D eigenvalue weighted by atomic mass is 10.2. The number of ether oxygens (including phenoxy) is 1. The van der Waals surface area contributed by atoms with Crippen LogP contribution < -0.4 is 5.32 Å². The van der Waals surface area contributed by atoms with Gasteiger partial charge in [0, 0.05) is 32.2 Å². The predicted octanol–water partition coefficient (Wildman–Crippen LogP) is 2.09. The van der Waals surface area contributed by atoms with Crippen LogP contribution in [0.1, 0.15) is 20.8 Å². The van der Waals surface area contributed by atoms with Gasteiger partial charge < -0.3 is 15.0 Å². The van der Waals surface area contributed by atoms with Gasteiger partial charge in [-0.25, -0.2) is 4.79 Å². The van der Waals surface area contributed by atoms with Gasteiger partial charge in [-0.15, -0.1) is 0 Å². The molecule has 0 spiro atoms. The largest absolute Gasteiger partial charge is 0.444 e. The molecule has 1 saturated heterocycles. The molecule has 1 aliphatic heterocycles. The number of anilines is 1. The number of piperazine rings is 1. The fourth-order valence-corrected chi connectivity index (χ4v) is 2.55. The molecule has 1 N–H and O–H groups in total. The molecule has 0 aliphatic carbocycles. The highest BCUT2D eigenvalue weighted by atomic mass is 16.6. The number of para-hydroxylation sites is 2. The van der Waals surface area contributed by atoms with Crippen LogP contribution in [0.5, 0.6) is 0 Å². The number of rotatable bonds is 4. The molecule has 26 heavy (non-hydrogen) atoms. The highest BCUT2D eigenvalue weighted by Crippen LogP contribution is 2.23. The number of benzene rings is 1. The van der Waals surface area contributed by atoms with E-state index in [0.717, 1.165) is 0 Å². The molecule has 9 nitrogen and oxygen atoms in total. The molecular weight excluding hydrogens is 340 g/mol. The third kappa shape index (κ3) is 5.69. The van der Waals surface area contributed by atoms with Gasteiger partial charge in [0.25, 0.3) is 5.69 Å². The summed E-state index contributed by atoms with van der Waals surface area (Å²) in [4.78, 5) is 38.2. The van der Waals surface area contributed by atoms with E-state index in [0.29, 0.717) is 26.2 Å². The number of nitro benzene ring substituents is 1. The Balaban J connectivity index is 1.83. The normalized spacial score (nSPS) is 15.4. The summed E-state index contributed by atoms with van der Waals surface area (Å²) in [6, 6.07) is 6.01. The molecule has 2 amide bonds. The van der Waals surface area contributed by atoms with Crippen molar-refractivity contribution in [3.8, 4) is 0 Å². The smallest absolute Gasteiger partial charge is 0.410 e. The van der Waals surface area contributed by atoms with Gasteiger partial charge in [0.1, 0.15) is 11.3 Å². The third-order valence-electron chi connectivity index (χ3n) is 3.77. The second-order valence-corrected chi connectivity index (χ2v) is 7.07. The lowest BCUT2D eigenvalue weighted by Gasteiger charge is -2.35. The van der Waals surface area contributed by atoms with Crippen molar-refractivity contribution in [3.05, 3.63) is 34.4 Å². The number of hydrogen-bond donors (Lipinski definition) is 1. The van der Waals surface area contributed by atoms with E-state index in [1.165, 1.54) is 12.1 Å². The summed E-state index contributed by atoms with van der Waals surface area (Å²) in [5.74, 6) is -0.329. The zero-order valence-electron chi connectivity index (χ0n) is 15.2. The standard InChI is InChI=1S/C17H24N4O5/c1-17(2,3)26-16(23)20-10-8-19(9-11-20)12-15(22)18-13-6-4-5-7-14(13)21(24)25/h4-7H,8-12H2,1-3H3,(H,18,22). The molecule has 0 aromatic heterocycles. The Kier molecular flexibility index (Phi) is 6.14. The third-order valence-corrected chi connectivity index (χ3v) is 3.77. The first-order chi connectivity index (χ1) is 12.2. The highest BCUT2D eigenvalue weighted by molar-refractivity contribution is 5.94. The van der Waals surface area contributed by atoms with E-state index < -0.39 is 10.5 Å². The predicted molar refractivity (Wildman–Crippen MR) is 96.0 cm³/mol. The van der Waals surface area contributed by atoms with Crippen molar-refractivity contribution >= 4 is 23.4 Å². The minimum atomic E-state index is -0.543. The Morgan fingerprint density at radius 3 is 2.38 bits per heavy atom. The van der Waals surface area contributed by atoms with Gasteiger partial charge in [0.2, 0.25) is 5.91 Å². The Bertz CT molecular complexity index is 678. The van der Waals surface area contributed by atoms with Crippen LogP contribution in [0.2, 0.25) is 0 Å². The Labute approximate surface area is 152 Å². The molecular formula is C17H24N4O5. The minimum Gasteiger partial charge on any atom is -0.444 e. The SMILES string of the molecule is CC(C)(C)OC(=O)N1CCN(CC(=O)Nc2ccccc2[N+](=O)[O-])CC1. The molecule has 0 saturated carbocycles. The molecule has 1 fully saturated rings. The van der Waals surface area contributed by atoms with E-state index in [-0.39, 0.29) is 29.9 Å². The maximum atomic E-state index is 12.2. The van der Waals surface area contributed by atoms with Crippen molar-refractivity contribution in [3.63, 3.8) is 0 Å². The minimum absolute atomic E-state index is 0.105. The van der Waals surface area contributed by atoms with Gasteiger partial charge in [0.15, 0.2) is 0 Å². The summed E-state index contributed by atoms with van der Waals surface area (Å²) >= 11 is 0. The molecule has 1 aliphatic rings. The number of hydrogen-bond acceptors (Lipinski definition) is 6. The van der Waals surface area contributed by atoms with Crippen LogP contribution in [-0.4, -0.2) is 65.0 Å². The van der Waals surface area contributed by atoms with E-state index in [4.69, 9.17) is 4.74 Å². The molecule has 1 aromatic rings. The Morgan fingerprint density at radius 2 is 1.81 bits per heavy atom. The summed E-state index contributed by atoms with van der Waals surface area (Å²) in [7, 11) is 0. The molecule has 9 heteroatoms. The van der Waals surface area contributed by atoms with Gasteiger partial charge in [-0.2, -0.15) is 0 Å². The first-order valence-corrected chi connectivity index (χ1v) is 8.39. The van der Waals surface area contributed by atoms with E-state index in [9.17, 15) is 19.7 Å². The van der Waals surface area contributed by atoms with Crippen LogP contribution >= 0.6 is 0 Å². The lowest BCUT2D eigenvalue weighted by molar-refractivity contribution is -0.383. The fraction of sp³-hybridized carbons (Fsp3) is 0.529. The zero-order valence-corrected chi connectivity index (χ0v) is 15.2. The van der Waals surface area contributed by atoms with Gasteiger partial charge in [0.05, 0.1) is 11.5 Å². The van der Waals surface area contributed by atoms with E-state index in [1.54, 1.807) is 17.0 Å². The number of carbonyl (C=O) groups is 2. The monoisotopic (exact) mass is 364 g/mol. The second-order valence-electron chi connectivity index (χ2n) is 7.07. The molecule has 1 aromatic carbocycles. The van der Waals surface area contributed by atoms with Gasteiger partial charge >= 0.3 is 6.09 Å². The summed E-state index contributed by atoms with van der Waals surface area (Å²) in [5.41, 5.74) is -0.510. The van der Waals surface area contributed by atoms with Crippen LogP contribution in [0.3, 0.4) is 0 Å². The number of nitrogens with zero attached hydrogens (tertiary/aromatic N) is 3. The van der Waals surface area contributed by atoms with Crippen molar-refractivity contribution < 1.29 is 19.2 Å². The summed E-state index contributed by atoms with van der Waals surface area (Å²) in [6.07, 6.45) is -0.360. The highest BCUT2D eigenvalue weighted by Gasteiger charge is 2.26. The molecule has 0 radical (unpaired) electrons. The molecule has 0 unspecified atom stereocenters. The van der Waals surface area contributed by atoms with E-state index >= 15 is 0 Å². The molecule has 2 rings (SSSR count). The number of nitrogens with one attached hydrogen (secondary N) is 1. The van der Waals surface area contributed by atoms with Crippen molar-refractivity contribution in [2.24, 2.45) is 0 Å². The average Bonchev–Trinajstić information content (AvgIpc) is 2.54. The Morgan fingerprint density at radius 1 is 1.19 bits per heavy atom. The van der Waals surface area contributed by atoms with Crippen LogP contribution in [0.4, 0.5) is 16.2 Å². The molecule has 142 valence electrons. The number of nitro groups is 1. The van der Waals surface area contributed by atoms with Gasteiger partial charge in [-0.1, -0.05) is 12.1 Å². The van der Waals surface area contributed by atoms with Crippen molar-refractivity contribution in [1.29, 1.82) is 0 Å². The average molecular weight is 364 g/mol. The maximum Gasteiger partial charge on any atom is 0.410 e. The lowest BCUT2D eigenvalue weighted by Crippen LogP contribution is -2.51.